The first-order valence-electron chi connectivity index (χ1n) is 4.52. The molecule has 0 unspecified atom stereocenters. The average Bonchev–Trinajstić information content (AvgIpc) is 2.58. The minimum atomic E-state index is -3.76. The molecular formula is C8H13N3O3S. The van der Waals surface area contributed by atoms with E-state index in [0.717, 1.165) is 0 Å². The Kier molecular flexibility index (Phi) is 3.13. The first-order valence-corrected chi connectivity index (χ1v) is 6.17. The molecule has 0 saturated carbocycles. The van der Waals surface area contributed by atoms with E-state index in [-0.39, 0.29) is 17.1 Å². The van der Waals surface area contributed by atoms with Crippen LogP contribution in [0.5, 0.6) is 0 Å². The van der Waals surface area contributed by atoms with Gasteiger partial charge < -0.3 is 5.73 Å². The Bertz CT molecular complexity index is 475. The van der Waals surface area contributed by atoms with Gasteiger partial charge in [0.2, 0.25) is 9.84 Å². The second-order valence-corrected chi connectivity index (χ2v) is 5.13. The van der Waals surface area contributed by atoms with Gasteiger partial charge in [-0.05, 0) is 6.92 Å². The Hall–Kier alpha value is -1.37. The molecular weight excluding hydrogens is 218 g/mol. The molecule has 6 nitrogen and oxygen atoms in total. The van der Waals surface area contributed by atoms with Crippen molar-refractivity contribution in [3.05, 3.63) is 11.9 Å². The average molecular weight is 231 g/mol. The zero-order chi connectivity index (χ0) is 11.6. The molecule has 0 amide bonds. The van der Waals surface area contributed by atoms with Gasteiger partial charge in [-0.2, -0.15) is 5.10 Å². The van der Waals surface area contributed by atoms with Gasteiger partial charge in [-0.25, -0.2) is 8.42 Å². The minimum Gasteiger partial charge on any atom is -0.396 e. The molecule has 0 fully saturated rings. The normalized spacial score (nSPS) is 11.6. The van der Waals surface area contributed by atoms with Crippen LogP contribution >= 0.6 is 0 Å². The van der Waals surface area contributed by atoms with Crippen molar-refractivity contribution in [3.8, 4) is 0 Å². The summed E-state index contributed by atoms with van der Waals surface area (Å²) in [5, 5.41) is 2.85. The van der Waals surface area contributed by atoms with Crippen molar-refractivity contribution in [2.75, 3.05) is 11.5 Å². The number of hydrogen-bond donors (Lipinski definition) is 1. The molecule has 1 aromatic rings. The van der Waals surface area contributed by atoms with Gasteiger partial charge in [-0.15, -0.1) is 0 Å². The Morgan fingerprint density at radius 1 is 1.53 bits per heavy atom. The second-order valence-electron chi connectivity index (χ2n) is 2.96. The van der Waals surface area contributed by atoms with Crippen molar-refractivity contribution >= 4 is 20.6 Å². The molecule has 2 N–H and O–H groups in total. The van der Waals surface area contributed by atoms with Crippen molar-refractivity contribution in [1.29, 1.82) is 0 Å². The van der Waals surface area contributed by atoms with Crippen molar-refractivity contribution in [1.82, 2.24) is 9.78 Å². The molecule has 0 bridgehead atoms. The molecule has 7 heteroatoms. The highest BCUT2D eigenvalue weighted by molar-refractivity contribution is 8.06. The topological polar surface area (TPSA) is 95.1 Å². The predicted molar refractivity (Wildman–Crippen MR) is 56.1 cm³/mol. The number of nitrogens with zero attached hydrogens (tertiary/aromatic N) is 2. The van der Waals surface area contributed by atoms with Gasteiger partial charge in [0.25, 0.3) is 5.12 Å². The Morgan fingerprint density at radius 3 is 2.60 bits per heavy atom. The maximum absolute atomic E-state index is 11.6. The monoisotopic (exact) mass is 231 g/mol. The van der Waals surface area contributed by atoms with Gasteiger partial charge in [0.05, 0.1) is 17.6 Å². The van der Waals surface area contributed by atoms with E-state index >= 15 is 0 Å². The Labute approximate surface area is 88.0 Å². The molecule has 0 saturated heterocycles. The number of rotatable bonds is 3. The molecule has 1 aromatic heterocycles. The molecule has 84 valence electrons. The molecule has 0 spiro atoms. The third-order valence-corrected chi connectivity index (χ3v) is 3.54. The quantitative estimate of drug-likeness (QED) is 0.793. The number of aromatic nitrogens is 2. The number of anilines is 1. The van der Waals surface area contributed by atoms with Crippen molar-refractivity contribution in [2.24, 2.45) is 0 Å². The zero-order valence-electron chi connectivity index (χ0n) is 8.60. The third-order valence-electron chi connectivity index (χ3n) is 2.02. The number of carbonyl (C=O) groups is 1. The fourth-order valence-electron chi connectivity index (χ4n) is 1.14. The molecule has 0 radical (unpaired) electrons. The van der Waals surface area contributed by atoms with Crippen LogP contribution in [0.4, 0.5) is 5.69 Å². The number of aryl methyl sites for hydroxylation is 1. The lowest BCUT2D eigenvalue weighted by molar-refractivity contribution is 0.106. The highest BCUT2D eigenvalue weighted by Crippen LogP contribution is 2.14. The number of sulfone groups is 1. The lowest BCUT2D eigenvalue weighted by Crippen LogP contribution is -2.21. The molecule has 0 aliphatic heterocycles. The summed E-state index contributed by atoms with van der Waals surface area (Å²) in [6.07, 6.45) is 1.28. The van der Waals surface area contributed by atoms with Crippen LogP contribution in [0.1, 0.15) is 24.3 Å². The van der Waals surface area contributed by atoms with E-state index in [1.807, 2.05) is 0 Å². The van der Waals surface area contributed by atoms with E-state index in [1.165, 1.54) is 17.8 Å². The third kappa shape index (κ3) is 2.01. The highest BCUT2D eigenvalue weighted by Gasteiger charge is 2.27. The first-order chi connectivity index (χ1) is 6.94. The summed E-state index contributed by atoms with van der Waals surface area (Å²) in [5.41, 5.74) is 5.55. The number of hydrogen-bond acceptors (Lipinski definition) is 5. The van der Waals surface area contributed by atoms with E-state index in [1.54, 1.807) is 6.92 Å². The van der Waals surface area contributed by atoms with Crippen LogP contribution in [0.2, 0.25) is 0 Å². The molecule has 1 rings (SSSR count). The van der Waals surface area contributed by atoms with E-state index in [0.29, 0.717) is 6.54 Å². The van der Waals surface area contributed by atoms with Gasteiger partial charge >= 0.3 is 0 Å². The van der Waals surface area contributed by atoms with Crippen molar-refractivity contribution < 1.29 is 13.2 Å². The minimum absolute atomic E-state index is 0.0423. The predicted octanol–water partition coefficient (Wildman–Crippen LogP) is 0.0601. The fourth-order valence-corrected chi connectivity index (χ4v) is 1.92. The molecule has 0 atom stereocenters. The Morgan fingerprint density at radius 2 is 2.13 bits per heavy atom. The lowest BCUT2D eigenvalue weighted by atomic mass is 10.4. The smallest absolute Gasteiger partial charge is 0.296 e. The van der Waals surface area contributed by atoms with Crippen LogP contribution in [0.25, 0.3) is 0 Å². The molecule has 15 heavy (non-hydrogen) atoms. The van der Waals surface area contributed by atoms with Crippen LogP contribution in [0.3, 0.4) is 0 Å². The van der Waals surface area contributed by atoms with E-state index in [2.05, 4.69) is 5.10 Å². The summed E-state index contributed by atoms with van der Waals surface area (Å²) < 4.78 is 24.0. The van der Waals surface area contributed by atoms with Crippen molar-refractivity contribution in [2.45, 2.75) is 20.4 Å². The first kappa shape index (κ1) is 11.7. The largest absolute Gasteiger partial charge is 0.396 e. The van der Waals surface area contributed by atoms with Gasteiger partial charge in [0, 0.05) is 6.54 Å². The summed E-state index contributed by atoms with van der Waals surface area (Å²) in [6, 6.07) is 0. The standard InChI is InChI=1S/C8H13N3O3S/c1-3-11-7(6(9)5-10-11)8(12)15(13,14)4-2/h5H,3-4,9H2,1-2H3. The highest BCUT2D eigenvalue weighted by atomic mass is 32.2. The van der Waals surface area contributed by atoms with Gasteiger partial charge in [0.15, 0.2) is 0 Å². The number of carbonyl (C=O) groups excluding carboxylic acids is 1. The van der Waals surface area contributed by atoms with E-state index < -0.39 is 15.0 Å². The molecule has 1 heterocycles. The maximum Gasteiger partial charge on any atom is 0.296 e. The number of nitrogen functional groups attached to an aromatic ring is 1. The number of nitrogens with two attached hydrogens (primary N) is 1. The van der Waals surface area contributed by atoms with Crippen LogP contribution in [-0.4, -0.2) is 29.1 Å². The summed E-state index contributed by atoms with van der Waals surface area (Å²) in [4.78, 5) is 11.6. The van der Waals surface area contributed by atoms with E-state index in [9.17, 15) is 13.2 Å². The van der Waals surface area contributed by atoms with Gasteiger partial charge in [0.1, 0.15) is 5.69 Å². The molecule has 0 aliphatic carbocycles. The SMILES string of the molecule is CCn1ncc(N)c1C(=O)S(=O)(=O)CC. The molecule has 0 aliphatic rings. The lowest BCUT2D eigenvalue weighted by Gasteiger charge is -2.04. The Balaban J connectivity index is 3.28. The summed E-state index contributed by atoms with van der Waals surface area (Å²) in [7, 11) is -3.76. The maximum atomic E-state index is 11.6. The van der Waals surface area contributed by atoms with Crippen molar-refractivity contribution in [3.63, 3.8) is 0 Å². The molecule has 0 aromatic carbocycles. The van der Waals surface area contributed by atoms with Crippen LogP contribution in [-0.2, 0) is 16.4 Å². The summed E-state index contributed by atoms with van der Waals surface area (Å²) >= 11 is 0. The summed E-state index contributed by atoms with van der Waals surface area (Å²) in [6.45, 7) is 3.56. The van der Waals surface area contributed by atoms with Crippen LogP contribution in [0.15, 0.2) is 6.20 Å². The van der Waals surface area contributed by atoms with Crippen LogP contribution < -0.4 is 5.73 Å². The zero-order valence-corrected chi connectivity index (χ0v) is 9.41. The fraction of sp³-hybridized carbons (Fsp3) is 0.500. The van der Waals surface area contributed by atoms with E-state index in [4.69, 9.17) is 5.73 Å². The van der Waals surface area contributed by atoms with Gasteiger partial charge in [-0.3, -0.25) is 9.48 Å². The second kappa shape index (κ2) is 4.01. The van der Waals surface area contributed by atoms with Crippen LogP contribution in [0, 0.1) is 0 Å². The summed E-state index contributed by atoms with van der Waals surface area (Å²) in [5.74, 6) is -0.236. The van der Waals surface area contributed by atoms with Gasteiger partial charge in [-0.1, -0.05) is 6.92 Å².